The molecule has 16 heavy (non-hydrogen) atoms. The van der Waals surface area contributed by atoms with E-state index >= 15 is 0 Å². The third-order valence-corrected chi connectivity index (χ3v) is 2.37. The van der Waals surface area contributed by atoms with Crippen LogP contribution >= 0.6 is 11.6 Å². The van der Waals surface area contributed by atoms with Gasteiger partial charge in [-0.1, -0.05) is 17.7 Å². The van der Waals surface area contributed by atoms with Crippen molar-refractivity contribution < 1.29 is 4.74 Å². The molecule has 0 radical (unpaired) electrons. The predicted octanol–water partition coefficient (Wildman–Crippen LogP) is 3.42. The highest BCUT2D eigenvalue weighted by Gasteiger charge is 2.04. The topological polar surface area (TPSA) is 48.1 Å². The molecule has 3 nitrogen and oxygen atoms in total. The minimum atomic E-state index is 0.498. The van der Waals surface area contributed by atoms with Gasteiger partial charge < -0.3 is 10.5 Å². The number of hydrogen-bond donors (Lipinski definition) is 1. The third-order valence-electron chi connectivity index (χ3n) is 2.05. The smallest absolute Gasteiger partial charge is 0.219 e. The van der Waals surface area contributed by atoms with Gasteiger partial charge in [0.05, 0.1) is 5.02 Å². The van der Waals surface area contributed by atoms with Gasteiger partial charge in [0.15, 0.2) is 0 Å². The van der Waals surface area contributed by atoms with Crippen molar-refractivity contribution in [3.8, 4) is 11.6 Å². The lowest BCUT2D eigenvalue weighted by Gasteiger charge is -2.07. The lowest BCUT2D eigenvalue weighted by Crippen LogP contribution is -1.91. The fraction of sp³-hybridized carbons (Fsp3) is 0.0833. The Hall–Kier alpha value is -1.74. The molecule has 0 aliphatic rings. The molecule has 0 unspecified atom stereocenters. The maximum absolute atomic E-state index is 5.97. The van der Waals surface area contributed by atoms with E-state index in [4.69, 9.17) is 22.1 Å². The molecule has 1 aromatic heterocycles. The summed E-state index contributed by atoms with van der Waals surface area (Å²) in [6.07, 6.45) is 1.73. The molecule has 0 spiro atoms. The minimum absolute atomic E-state index is 0.498. The van der Waals surface area contributed by atoms with Gasteiger partial charge in [0, 0.05) is 24.0 Å². The molecule has 1 aromatic carbocycles. The number of rotatable bonds is 2. The molecular formula is C12H11ClN2O. The van der Waals surface area contributed by atoms with E-state index in [1.54, 1.807) is 30.5 Å². The Morgan fingerprint density at radius 1 is 1.25 bits per heavy atom. The van der Waals surface area contributed by atoms with Gasteiger partial charge in [0.2, 0.25) is 5.88 Å². The van der Waals surface area contributed by atoms with Gasteiger partial charge in [-0.05, 0) is 24.6 Å². The summed E-state index contributed by atoms with van der Waals surface area (Å²) in [5.41, 5.74) is 7.32. The maximum Gasteiger partial charge on any atom is 0.219 e. The van der Waals surface area contributed by atoms with Crippen molar-refractivity contribution in [2.75, 3.05) is 5.73 Å². The Bertz CT molecular complexity index is 497. The first-order valence-corrected chi connectivity index (χ1v) is 5.18. The molecular weight excluding hydrogens is 224 g/mol. The normalized spacial score (nSPS) is 10.1. The van der Waals surface area contributed by atoms with Crippen molar-refractivity contribution in [1.29, 1.82) is 0 Å². The van der Waals surface area contributed by atoms with Crippen LogP contribution in [0.3, 0.4) is 0 Å². The zero-order chi connectivity index (χ0) is 11.5. The summed E-state index contributed by atoms with van der Waals surface area (Å²) >= 11 is 5.97. The van der Waals surface area contributed by atoms with Gasteiger partial charge in [-0.25, -0.2) is 4.98 Å². The summed E-state index contributed by atoms with van der Waals surface area (Å²) in [5, 5.41) is 0.511. The van der Waals surface area contributed by atoms with Crippen LogP contribution in [-0.2, 0) is 0 Å². The average Bonchev–Trinajstić information content (AvgIpc) is 2.27. The highest BCUT2D eigenvalue weighted by atomic mass is 35.5. The molecule has 0 bridgehead atoms. The molecule has 1 heterocycles. The van der Waals surface area contributed by atoms with Crippen LogP contribution in [0.4, 0.5) is 5.69 Å². The van der Waals surface area contributed by atoms with Gasteiger partial charge in [0.1, 0.15) is 5.75 Å². The zero-order valence-electron chi connectivity index (χ0n) is 8.77. The Kier molecular flexibility index (Phi) is 2.97. The van der Waals surface area contributed by atoms with Gasteiger partial charge in [0.25, 0.3) is 0 Å². The molecule has 2 aromatic rings. The molecule has 0 amide bonds. The molecule has 2 rings (SSSR count). The Morgan fingerprint density at radius 3 is 2.75 bits per heavy atom. The second kappa shape index (κ2) is 4.41. The highest BCUT2D eigenvalue weighted by molar-refractivity contribution is 6.32. The number of aryl methyl sites for hydroxylation is 1. The fourth-order valence-corrected chi connectivity index (χ4v) is 1.38. The molecule has 0 atom stereocenters. The summed E-state index contributed by atoms with van der Waals surface area (Å²) in [4.78, 5) is 4.12. The predicted molar refractivity (Wildman–Crippen MR) is 64.9 cm³/mol. The van der Waals surface area contributed by atoms with Gasteiger partial charge >= 0.3 is 0 Å². The second-order valence-corrected chi connectivity index (χ2v) is 3.87. The Balaban J connectivity index is 2.26. The number of nitrogens with zero attached hydrogens (tertiary/aromatic N) is 1. The van der Waals surface area contributed by atoms with Crippen LogP contribution in [0.1, 0.15) is 5.56 Å². The van der Waals surface area contributed by atoms with Crippen LogP contribution < -0.4 is 10.5 Å². The summed E-state index contributed by atoms with van der Waals surface area (Å²) < 4.78 is 5.52. The summed E-state index contributed by atoms with van der Waals surface area (Å²) in [6, 6.07) is 8.79. The van der Waals surface area contributed by atoms with Crippen LogP contribution in [0.15, 0.2) is 36.5 Å². The average molecular weight is 235 g/mol. The van der Waals surface area contributed by atoms with E-state index < -0.39 is 0 Å². The Labute approximate surface area is 98.8 Å². The number of nitrogen functional groups attached to an aromatic ring is 1. The zero-order valence-corrected chi connectivity index (χ0v) is 9.53. The summed E-state index contributed by atoms with van der Waals surface area (Å²) in [7, 11) is 0. The minimum Gasteiger partial charge on any atom is -0.437 e. The van der Waals surface area contributed by atoms with E-state index in [1.165, 1.54) is 0 Å². The van der Waals surface area contributed by atoms with E-state index in [0.717, 1.165) is 5.56 Å². The largest absolute Gasteiger partial charge is 0.437 e. The molecule has 0 aliphatic carbocycles. The van der Waals surface area contributed by atoms with Gasteiger partial charge in [-0.2, -0.15) is 0 Å². The quantitative estimate of drug-likeness (QED) is 0.810. The number of aromatic nitrogens is 1. The lowest BCUT2D eigenvalue weighted by atomic mass is 10.3. The Morgan fingerprint density at radius 2 is 2.06 bits per heavy atom. The lowest BCUT2D eigenvalue weighted by molar-refractivity contribution is 0.463. The first-order valence-electron chi connectivity index (χ1n) is 4.81. The summed E-state index contributed by atoms with van der Waals surface area (Å²) in [5.74, 6) is 1.01. The van der Waals surface area contributed by atoms with Crippen molar-refractivity contribution in [2.24, 2.45) is 0 Å². The van der Waals surface area contributed by atoms with Crippen LogP contribution in [0.5, 0.6) is 11.6 Å². The number of ether oxygens (including phenoxy) is 1. The van der Waals surface area contributed by atoms with Crippen molar-refractivity contribution in [2.45, 2.75) is 6.92 Å². The number of nitrogens with two attached hydrogens (primary N) is 1. The molecule has 0 saturated heterocycles. The maximum atomic E-state index is 5.97. The number of halogens is 1. The number of anilines is 1. The van der Waals surface area contributed by atoms with Gasteiger partial charge in [-0.3, -0.25) is 0 Å². The standard InChI is InChI=1S/C12H11ClN2O/c1-8-2-5-12(15-7-8)16-11-6-9(14)3-4-10(11)13/h2-7H,14H2,1H3. The van der Waals surface area contributed by atoms with Gasteiger partial charge in [-0.15, -0.1) is 0 Å². The van der Waals surface area contributed by atoms with E-state index in [1.807, 2.05) is 13.0 Å². The molecule has 4 heteroatoms. The first-order chi connectivity index (χ1) is 7.65. The molecule has 0 aliphatic heterocycles. The molecule has 82 valence electrons. The third kappa shape index (κ3) is 2.44. The van der Waals surface area contributed by atoms with E-state index in [0.29, 0.717) is 22.3 Å². The second-order valence-electron chi connectivity index (χ2n) is 3.47. The van der Waals surface area contributed by atoms with Crippen LogP contribution in [0.25, 0.3) is 0 Å². The first kappa shape index (κ1) is 10.8. The van der Waals surface area contributed by atoms with Crippen molar-refractivity contribution in [1.82, 2.24) is 4.98 Å². The molecule has 0 fully saturated rings. The molecule has 0 saturated carbocycles. The van der Waals surface area contributed by atoms with E-state index in [-0.39, 0.29) is 0 Å². The van der Waals surface area contributed by atoms with Crippen LogP contribution in [-0.4, -0.2) is 4.98 Å². The van der Waals surface area contributed by atoms with Crippen molar-refractivity contribution in [3.63, 3.8) is 0 Å². The van der Waals surface area contributed by atoms with Crippen molar-refractivity contribution in [3.05, 3.63) is 47.1 Å². The highest BCUT2D eigenvalue weighted by Crippen LogP contribution is 2.30. The number of pyridine rings is 1. The summed E-state index contributed by atoms with van der Waals surface area (Å²) in [6.45, 7) is 1.96. The molecule has 2 N–H and O–H groups in total. The number of benzene rings is 1. The van der Waals surface area contributed by atoms with E-state index in [9.17, 15) is 0 Å². The fourth-order valence-electron chi connectivity index (χ4n) is 1.23. The monoisotopic (exact) mass is 234 g/mol. The van der Waals surface area contributed by atoms with Crippen LogP contribution in [0.2, 0.25) is 5.02 Å². The number of hydrogen-bond acceptors (Lipinski definition) is 3. The van der Waals surface area contributed by atoms with E-state index in [2.05, 4.69) is 4.98 Å². The van der Waals surface area contributed by atoms with Crippen molar-refractivity contribution >= 4 is 17.3 Å². The SMILES string of the molecule is Cc1ccc(Oc2cc(N)ccc2Cl)nc1. The van der Waals surface area contributed by atoms with Crippen LogP contribution in [0, 0.1) is 6.92 Å².